The van der Waals surface area contributed by atoms with Gasteiger partial charge >= 0.3 is 0 Å². The van der Waals surface area contributed by atoms with Crippen LogP contribution in [0.2, 0.25) is 0 Å². The number of aliphatic imine (C=N–C) groups is 1. The van der Waals surface area contributed by atoms with E-state index in [4.69, 9.17) is 4.74 Å². The van der Waals surface area contributed by atoms with Gasteiger partial charge in [-0.2, -0.15) is 5.10 Å². The summed E-state index contributed by atoms with van der Waals surface area (Å²) in [5.41, 5.74) is 3.64. The molecule has 0 bridgehead atoms. The summed E-state index contributed by atoms with van der Waals surface area (Å²) in [6.07, 6.45) is 2.05. The highest BCUT2D eigenvalue weighted by Crippen LogP contribution is 2.11. The monoisotopic (exact) mass is 323 g/mol. The van der Waals surface area contributed by atoms with Gasteiger partial charge in [-0.25, -0.2) is 0 Å². The van der Waals surface area contributed by atoms with Crippen molar-refractivity contribution in [2.75, 3.05) is 33.4 Å². The van der Waals surface area contributed by atoms with E-state index in [9.17, 15) is 0 Å². The van der Waals surface area contributed by atoms with Crippen molar-refractivity contribution in [1.29, 1.82) is 0 Å². The van der Waals surface area contributed by atoms with Gasteiger partial charge in [-0.1, -0.05) is 13.8 Å². The number of aryl methyl sites for hydroxylation is 2. The zero-order valence-electron chi connectivity index (χ0n) is 15.6. The highest BCUT2D eigenvalue weighted by Gasteiger charge is 2.08. The molecule has 0 fully saturated rings. The first kappa shape index (κ1) is 19.5. The van der Waals surface area contributed by atoms with E-state index in [-0.39, 0.29) is 0 Å². The van der Waals surface area contributed by atoms with E-state index < -0.39 is 0 Å². The first-order valence-corrected chi connectivity index (χ1v) is 8.47. The van der Waals surface area contributed by atoms with Crippen molar-refractivity contribution in [2.45, 2.75) is 40.5 Å². The van der Waals surface area contributed by atoms with E-state index in [0.717, 1.165) is 44.2 Å². The third kappa shape index (κ3) is 7.03. The van der Waals surface area contributed by atoms with Gasteiger partial charge in [0.15, 0.2) is 5.96 Å². The number of ether oxygens (including phenoxy) is 1. The van der Waals surface area contributed by atoms with Crippen LogP contribution in [0.25, 0.3) is 0 Å². The summed E-state index contributed by atoms with van der Waals surface area (Å²) in [6, 6.07) is 0. The lowest BCUT2D eigenvalue weighted by molar-refractivity contribution is 0.128. The van der Waals surface area contributed by atoms with Crippen LogP contribution in [0.1, 0.15) is 37.2 Å². The largest absolute Gasteiger partial charge is 0.380 e. The number of hydrogen-bond donors (Lipinski definition) is 2. The molecule has 6 heteroatoms. The Morgan fingerprint density at radius 1 is 1.22 bits per heavy atom. The Kier molecular flexibility index (Phi) is 8.69. The molecule has 1 rings (SSSR count). The lowest BCUT2D eigenvalue weighted by Crippen LogP contribution is -2.39. The standard InChI is InChI=1S/C17H33N5O/c1-13(2)8-11-23-12-10-20-17(18-5)19-9-7-16-14(3)21-22(6)15(16)4/h13H,7-12H2,1-6H3,(H2,18,19,20). The van der Waals surface area contributed by atoms with Crippen molar-refractivity contribution >= 4 is 5.96 Å². The summed E-state index contributed by atoms with van der Waals surface area (Å²) in [6.45, 7) is 11.7. The lowest BCUT2D eigenvalue weighted by atomic mass is 10.1. The molecule has 2 N–H and O–H groups in total. The maximum atomic E-state index is 5.59. The van der Waals surface area contributed by atoms with Crippen LogP contribution in [0.3, 0.4) is 0 Å². The molecule has 1 aromatic rings. The molecule has 132 valence electrons. The van der Waals surface area contributed by atoms with Crippen molar-refractivity contribution in [3.8, 4) is 0 Å². The van der Waals surface area contributed by atoms with Gasteiger partial charge < -0.3 is 15.4 Å². The molecule has 0 amide bonds. The fourth-order valence-corrected chi connectivity index (χ4v) is 2.37. The third-order valence-electron chi connectivity index (χ3n) is 3.93. The van der Waals surface area contributed by atoms with Gasteiger partial charge in [0.05, 0.1) is 12.3 Å². The van der Waals surface area contributed by atoms with Crippen molar-refractivity contribution in [1.82, 2.24) is 20.4 Å². The van der Waals surface area contributed by atoms with Crippen molar-refractivity contribution in [3.05, 3.63) is 17.0 Å². The lowest BCUT2D eigenvalue weighted by Gasteiger charge is -2.12. The van der Waals surface area contributed by atoms with Crippen LogP contribution in [-0.2, 0) is 18.2 Å². The Hall–Kier alpha value is -1.56. The van der Waals surface area contributed by atoms with Crippen LogP contribution < -0.4 is 10.6 Å². The van der Waals surface area contributed by atoms with Gasteiger partial charge in [0.2, 0.25) is 0 Å². The van der Waals surface area contributed by atoms with Crippen LogP contribution in [-0.4, -0.2) is 49.1 Å². The normalized spacial score (nSPS) is 12.0. The van der Waals surface area contributed by atoms with E-state index >= 15 is 0 Å². The maximum absolute atomic E-state index is 5.59. The van der Waals surface area contributed by atoms with Crippen LogP contribution in [0.5, 0.6) is 0 Å². The minimum absolute atomic E-state index is 0.691. The molecule has 1 heterocycles. The molecule has 0 aromatic carbocycles. The summed E-state index contributed by atoms with van der Waals surface area (Å²) < 4.78 is 7.53. The van der Waals surface area contributed by atoms with E-state index in [1.807, 2.05) is 11.7 Å². The summed E-state index contributed by atoms with van der Waals surface area (Å²) in [7, 11) is 3.77. The fraction of sp³-hybridized carbons (Fsp3) is 0.765. The van der Waals surface area contributed by atoms with E-state index in [1.165, 1.54) is 11.3 Å². The number of nitrogens with zero attached hydrogens (tertiary/aromatic N) is 3. The highest BCUT2D eigenvalue weighted by atomic mass is 16.5. The molecule has 0 atom stereocenters. The Labute approximate surface area is 140 Å². The zero-order valence-corrected chi connectivity index (χ0v) is 15.6. The van der Waals surface area contributed by atoms with Crippen molar-refractivity contribution in [3.63, 3.8) is 0 Å². The number of aromatic nitrogens is 2. The topological polar surface area (TPSA) is 63.5 Å². The van der Waals surface area contributed by atoms with Crippen molar-refractivity contribution < 1.29 is 4.74 Å². The molecule has 0 aliphatic rings. The molecule has 6 nitrogen and oxygen atoms in total. The molecule has 0 spiro atoms. The summed E-state index contributed by atoms with van der Waals surface area (Å²) in [5.74, 6) is 1.51. The van der Waals surface area contributed by atoms with Gasteiger partial charge in [0, 0.05) is 39.5 Å². The highest BCUT2D eigenvalue weighted by molar-refractivity contribution is 5.79. The molecule has 23 heavy (non-hydrogen) atoms. The molecular formula is C17H33N5O. The molecule has 1 aromatic heterocycles. The second-order valence-electron chi connectivity index (χ2n) is 6.24. The minimum Gasteiger partial charge on any atom is -0.380 e. The Morgan fingerprint density at radius 2 is 1.91 bits per heavy atom. The molecule has 0 unspecified atom stereocenters. The smallest absolute Gasteiger partial charge is 0.191 e. The summed E-state index contributed by atoms with van der Waals surface area (Å²) in [4.78, 5) is 4.23. The van der Waals surface area contributed by atoms with Gasteiger partial charge in [0.25, 0.3) is 0 Å². The zero-order chi connectivity index (χ0) is 17.2. The Bertz CT molecular complexity index is 493. The Balaban J connectivity index is 2.22. The molecule has 0 saturated heterocycles. The van der Waals surface area contributed by atoms with E-state index in [1.54, 1.807) is 7.05 Å². The van der Waals surface area contributed by atoms with Crippen LogP contribution in [0.4, 0.5) is 0 Å². The average molecular weight is 323 g/mol. The Morgan fingerprint density at radius 3 is 2.48 bits per heavy atom. The predicted molar refractivity (Wildman–Crippen MR) is 96.0 cm³/mol. The summed E-state index contributed by atoms with van der Waals surface area (Å²) >= 11 is 0. The number of rotatable bonds is 9. The average Bonchev–Trinajstić information content (AvgIpc) is 2.74. The third-order valence-corrected chi connectivity index (χ3v) is 3.93. The fourth-order valence-electron chi connectivity index (χ4n) is 2.37. The molecule has 0 radical (unpaired) electrons. The van der Waals surface area contributed by atoms with E-state index in [0.29, 0.717) is 12.5 Å². The second kappa shape index (κ2) is 10.3. The molecule has 0 aliphatic heterocycles. The maximum Gasteiger partial charge on any atom is 0.191 e. The quantitative estimate of drug-likeness (QED) is 0.413. The van der Waals surface area contributed by atoms with Gasteiger partial charge in [-0.3, -0.25) is 9.67 Å². The molecule has 0 aliphatic carbocycles. The first-order chi connectivity index (χ1) is 11.0. The number of hydrogen-bond acceptors (Lipinski definition) is 3. The predicted octanol–water partition coefficient (Wildman–Crippen LogP) is 1.81. The van der Waals surface area contributed by atoms with Gasteiger partial charge in [-0.05, 0) is 38.2 Å². The van der Waals surface area contributed by atoms with Crippen LogP contribution in [0.15, 0.2) is 4.99 Å². The second-order valence-corrected chi connectivity index (χ2v) is 6.24. The van der Waals surface area contributed by atoms with Gasteiger partial charge in [0.1, 0.15) is 0 Å². The van der Waals surface area contributed by atoms with Crippen LogP contribution >= 0.6 is 0 Å². The minimum atomic E-state index is 0.691. The first-order valence-electron chi connectivity index (χ1n) is 8.47. The number of guanidine groups is 1. The SMILES string of the molecule is CN=C(NCCOCCC(C)C)NCCc1c(C)nn(C)c1C. The van der Waals surface area contributed by atoms with Crippen molar-refractivity contribution in [2.24, 2.45) is 18.0 Å². The van der Waals surface area contributed by atoms with Gasteiger partial charge in [-0.15, -0.1) is 0 Å². The summed E-state index contributed by atoms with van der Waals surface area (Å²) in [5, 5.41) is 11.1. The molecular weight excluding hydrogens is 290 g/mol. The molecule has 0 saturated carbocycles. The number of nitrogens with one attached hydrogen (secondary N) is 2. The van der Waals surface area contributed by atoms with Crippen LogP contribution in [0, 0.1) is 19.8 Å². The van der Waals surface area contributed by atoms with E-state index in [2.05, 4.69) is 48.4 Å².